The van der Waals surface area contributed by atoms with Gasteiger partial charge >= 0.3 is 0 Å². The van der Waals surface area contributed by atoms with Gasteiger partial charge in [-0.1, -0.05) is 20.3 Å². The third kappa shape index (κ3) is 3.82. The van der Waals surface area contributed by atoms with Crippen molar-refractivity contribution in [3.63, 3.8) is 0 Å². The van der Waals surface area contributed by atoms with Crippen molar-refractivity contribution in [1.29, 1.82) is 0 Å². The molecule has 1 aliphatic rings. The molecule has 0 aromatic rings. The molecule has 5 nitrogen and oxygen atoms in total. The van der Waals surface area contributed by atoms with Gasteiger partial charge in [-0.2, -0.15) is 0 Å². The van der Waals surface area contributed by atoms with Gasteiger partial charge in [-0.25, -0.2) is 0 Å². The van der Waals surface area contributed by atoms with Crippen LogP contribution in [0.3, 0.4) is 0 Å². The largest absolute Gasteiger partial charge is 0.370 e. The van der Waals surface area contributed by atoms with Crippen molar-refractivity contribution in [2.24, 2.45) is 17.6 Å². The topological polar surface area (TPSA) is 80.5 Å². The van der Waals surface area contributed by atoms with Gasteiger partial charge < -0.3 is 5.73 Å². The molecule has 0 aromatic heterocycles. The van der Waals surface area contributed by atoms with E-state index in [1.165, 1.54) is 4.90 Å². The Labute approximate surface area is 108 Å². The van der Waals surface area contributed by atoms with E-state index in [1.807, 2.05) is 13.8 Å². The van der Waals surface area contributed by atoms with E-state index in [0.717, 1.165) is 19.3 Å². The molecule has 2 N–H and O–H groups in total. The van der Waals surface area contributed by atoms with Crippen molar-refractivity contribution in [1.82, 2.24) is 4.90 Å². The average Bonchev–Trinajstić information content (AvgIpc) is 2.55. The van der Waals surface area contributed by atoms with E-state index in [2.05, 4.69) is 0 Å². The number of nitrogens with two attached hydrogens (primary N) is 1. The van der Waals surface area contributed by atoms with E-state index >= 15 is 0 Å². The van der Waals surface area contributed by atoms with Crippen LogP contribution >= 0.6 is 0 Å². The van der Waals surface area contributed by atoms with Crippen LogP contribution in [-0.2, 0) is 14.4 Å². The quantitative estimate of drug-likeness (QED) is 0.545. The third-order valence-corrected chi connectivity index (χ3v) is 3.39. The Morgan fingerprint density at radius 3 is 2.50 bits per heavy atom. The minimum atomic E-state index is -0.303. The molecule has 1 fully saturated rings. The molecule has 18 heavy (non-hydrogen) atoms. The molecule has 0 radical (unpaired) electrons. The van der Waals surface area contributed by atoms with Crippen molar-refractivity contribution in [2.75, 3.05) is 6.54 Å². The molecule has 1 heterocycles. The van der Waals surface area contributed by atoms with Crippen molar-refractivity contribution in [2.45, 2.75) is 46.0 Å². The zero-order chi connectivity index (χ0) is 13.7. The van der Waals surface area contributed by atoms with Gasteiger partial charge in [-0.15, -0.1) is 0 Å². The standard InChI is InChI=1S/C13H22N2O3/c1-9(2)10-8-12(17)15(13(10)18)7-5-3-4-6-11(14)16/h9-10H,3-8H2,1-2H3,(H2,14,16). The molecule has 1 aliphatic heterocycles. The smallest absolute Gasteiger partial charge is 0.233 e. The number of nitrogens with zero attached hydrogens (tertiary/aromatic N) is 1. The molecule has 0 bridgehead atoms. The number of hydrogen-bond donors (Lipinski definition) is 1. The Morgan fingerprint density at radius 1 is 1.33 bits per heavy atom. The van der Waals surface area contributed by atoms with Gasteiger partial charge in [0.25, 0.3) is 0 Å². The molecule has 5 heteroatoms. The molecular weight excluding hydrogens is 232 g/mol. The van der Waals surface area contributed by atoms with Crippen LogP contribution in [0.15, 0.2) is 0 Å². The third-order valence-electron chi connectivity index (χ3n) is 3.39. The lowest BCUT2D eigenvalue weighted by molar-refractivity contribution is -0.139. The summed E-state index contributed by atoms with van der Waals surface area (Å²) in [6.45, 7) is 4.40. The summed E-state index contributed by atoms with van der Waals surface area (Å²) in [5.41, 5.74) is 5.03. The second kappa shape index (κ2) is 6.52. The first-order valence-electron chi connectivity index (χ1n) is 6.56. The summed E-state index contributed by atoms with van der Waals surface area (Å²) in [5.74, 6) is -0.342. The maximum absolute atomic E-state index is 12.0. The van der Waals surface area contributed by atoms with Gasteiger partial charge in [0, 0.05) is 25.3 Å². The van der Waals surface area contributed by atoms with Crippen LogP contribution < -0.4 is 5.73 Å². The van der Waals surface area contributed by atoms with E-state index in [4.69, 9.17) is 5.73 Å². The monoisotopic (exact) mass is 254 g/mol. The predicted octanol–water partition coefficient (Wildman–Crippen LogP) is 1.06. The molecule has 102 valence electrons. The van der Waals surface area contributed by atoms with Crippen LogP contribution in [-0.4, -0.2) is 29.2 Å². The van der Waals surface area contributed by atoms with Crippen molar-refractivity contribution >= 4 is 17.7 Å². The van der Waals surface area contributed by atoms with Crippen molar-refractivity contribution in [3.05, 3.63) is 0 Å². The summed E-state index contributed by atoms with van der Waals surface area (Å²) >= 11 is 0. The van der Waals surface area contributed by atoms with Crippen molar-refractivity contribution in [3.8, 4) is 0 Å². The summed E-state index contributed by atoms with van der Waals surface area (Å²) in [6, 6.07) is 0. The SMILES string of the molecule is CC(C)C1CC(=O)N(CCCCCC(N)=O)C1=O. The molecule has 1 saturated heterocycles. The van der Waals surface area contributed by atoms with Crippen LogP contribution in [0.5, 0.6) is 0 Å². The van der Waals surface area contributed by atoms with Gasteiger partial charge in [-0.3, -0.25) is 19.3 Å². The molecule has 0 saturated carbocycles. The van der Waals surface area contributed by atoms with Gasteiger partial charge in [0.2, 0.25) is 17.7 Å². The Morgan fingerprint density at radius 2 is 2.00 bits per heavy atom. The maximum Gasteiger partial charge on any atom is 0.233 e. The lowest BCUT2D eigenvalue weighted by Gasteiger charge is -2.16. The second-order valence-corrected chi connectivity index (χ2v) is 5.22. The fourth-order valence-corrected chi connectivity index (χ4v) is 2.21. The van der Waals surface area contributed by atoms with Gasteiger partial charge in [0.15, 0.2) is 0 Å². The lowest BCUT2D eigenvalue weighted by atomic mass is 9.94. The number of hydrogen-bond acceptors (Lipinski definition) is 3. The highest BCUT2D eigenvalue weighted by atomic mass is 16.2. The minimum Gasteiger partial charge on any atom is -0.370 e. The summed E-state index contributed by atoms with van der Waals surface area (Å²) in [5, 5.41) is 0. The first-order valence-corrected chi connectivity index (χ1v) is 6.56. The number of carbonyl (C=O) groups excluding carboxylic acids is 3. The number of likely N-dealkylation sites (tertiary alicyclic amines) is 1. The zero-order valence-corrected chi connectivity index (χ0v) is 11.1. The van der Waals surface area contributed by atoms with Crippen molar-refractivity contribution < 1.29 is 14.4 Å². The van der Waals surface area contributed by atoms with Crippen LogP contribution in [0.4, 0.5) is 0 Å². The molecule has 0 aromatic carbocycles. The number of primary amides is 1. The van der Waals surface area contributed by atoms with E-state index in [0.29, 0.717) is 19.4 Å². The normalized spacial score (nSPS) is 19.9. The predicted molar refractivity (Wildman–Crippen MR) is 67.3 cm³/mol. The Kier molecular flexibility index (Phi) is 5.31. The lowest BCUT2D eigenvalue weighted by Crippen LogP contribution is -2.32. The fourth-order valence-electron chi connectivity index (χ4n) is 2.21. The minimum absolute atomic E-state index is 0.0371. The Hall–Kier alpha value is -1.39. The number of amides is 3. The fraction of sp³-hybridized carbons (Fsp3) is 0.769. The van der Waals surface area contributed by atoms with Gasteiger partial charge in [0.1, 0.15) is 0 Å². The van der Waals surface area contributed by atoms with Gasteiger partial charge in [0.05, 0.1) is 0 Å². The highest BCUT2D eigenvalue weighted by Gasteiger charge is 2.39. The summed E-state index contributed by atoms with van der Waals surface area (Å²) in [6.07, 6.45) is 3.00. The summed E-state index contributed by atoms with van der Waals surface area (Å²) < 4.78 is 0. The summed E-state index contributed by atoms with van der Waals surface area (Å²) in [7, 11) is 0. The van der Waals surface area contributed by atoms with Crippen LogP contribution in [0, 0.1) is 11.8 Å². The van der Waals surface area contributed by atoms with E-state index in [9.17, 15) is 14.4 Å². The molecule has 0 aliphatic carbocycles. The summed E-state index contributed by atoms with van der Waals surface area (Å²) in [4.78, 5) is 35.6. The Balaban J connectivity index is 2.32. The number of imide groups is 1. The molecule has 0 spiro atoms. The highest BCUT2D eigenvalue weighted by Crippen LogP contribution is 2.26. The average molecular weight is 254 g/mol. The molecule has 1 unspecified atom stereocenters. The number of unbranched alkanes of at least 4 members (excludes halogenated alkanes) is 2. The van der Waals surface area contributed by atoms with E-state index in [1.54, 1.807) is 0 Å². The first-order chi connectivity index (χ1) is 8.43. The number of rotatable bonds is 7. The second-order valence-electron chi connectivity index (χ2n) is 5.22. The molecule has 1 rings (SSSR count). The first kappa shape index (κ1) is 14.7. The van der Waals surface area contributed by atoms with E-state index in [-0.39, 0.29) is 29.6 Å². The Bertz CT molecular complexity index is 339. The van der Waals surface area contributed by atoms with Crippen LogP contribution in [0.2, 0.25) is 0 Å². The molecule has 3 amide bonds. The zero-order valence-electron chi connectivity index (χ0n) is 11.1. The van der Waals surface area contributed by atoms with Crippen LogP contribution in [0.25, 0.3) is 0 Å². The number of carbonyl (C=O) groups is 3. The molecular formula is C13H22N2O3. The van der Waals surface area contributed by atoms with Crippen LogP contribution in [0.1, 0.15) is 46.0 Å². The van der Waals surface area contributed by atoms with E-state index < -0.39 is 0 Å². The highest BCUT2D eigenvalue weighted by molar-refractivity contribution is 6.03. The maximum atomic E-state index is 12.0. The van der Waals surface area contributed by atoms with Gasteiger partial charge in [-0.05, 0) is 18.8 Å². The molecule has 1 atom stereocenters.